The Kier molecular flexibility index (Phi) is 9.27. The monoisotopic (exact) mass is 487 g/mol. The van der Waals surface area contributed by atoms with Crippen molar-refractivity contribution in [2.45, 2.75) is 83.9 Å². The first kappa shape index (κ1) is 27.1. The van der Waals surface area contributed by atoms with Crippen molar-refractivity contribution in [3.05, 3.63) is 53.8 Å². The normalized spacial score (nSPS) is 23.6. The van der Waals surface area contributed by atoms with Crippen molar-refractivity contribution in [1.29, 1.82) is 0 Å². The number of rotatable bonds is 10. The molecule has 0 spiro atoms. The summed E-state index contributed by atoms with van der Waals surface area (Å²) in [6, 6.07) is 11.7. The van der Waals surface area contributed by atoms with Crippen molar-refractivity contribution in [2.24, 2.45) is 5.92 Å². The number of ether oxygens (including phenoxy) is 2. The Balaban J connectivity index is 1.92. The van der Waals surface area contributed by atoms with Gasteiger partial charge in [0, 0.05) is 19.4 Å². The van der Waals surface area contributed by atoms with Crippen molar-refractivity contribution in [1.82, 2.24) is 5.32 Å². The van der Waals surface area contributed by atoms with Gasteiger partial charge >= 0.3 is 0 Å². The van der Waals surface area contributed by atoms with Crippen molar-refractivity contribution >= 4 is 5.91 Å². The average Bonchev–Trinajstić information content (AvgIpc) is 2.82. The molecule has 35 heavy (non-hydrogen) atoms. The molecule has 4 atom stereocenters. The molecule has 3 rings (SSSR count). The first-order valence-electron chi connectivity index (χ1n) is 12.5. The van der Waals surface area contributed by atoms with Crippen LogP contribution in [-0.4, -0.2) is 46.8 Å². The summed E-state index contributed by atoms with van der Waals surface area (Å²) in [6.45, 7) is 7.98. The number of aliphatic hydroxyl groups is 2. The van der Waals surface area contributed by atoms with Crippen LogP contribution in [-0.2, 0) is 16.0 Å². The molecule has 3 N–H and O–H groups in total. The number of halogens is 1. The van der Waals surface area contributed by atoms with Crippen LogP contribution < -0.4 is 10.1 Å². The molecule has 0 aliphatic carbocycles. The van der Waals surface area contributed by atoms with E-state index in [0.717, 1.165) is 36.8 Å². The van der Waals surface area contributed by atoms with Gasteiger partial charge in [0.25, 0.3) is 0 Å². The number of hydrogen-bond acceptors (Lipinski definition) is 5. The van der Waals surface area contributed by atoms with Gasteiger partial charge in [-0.15, -0.1) is 0 Å². The highest BCUT2D eigenvalue weighted by Crippen LogP contribution is 2.42. The van der Waals surface area contributed by atoms with Crippen molar-refractivity contribution in [2.75, 3.05) is 6.54 Å². The second kappa shape index (κ2) is 12.0. The predicted molar refractivity (Wildman–Crippen MR) is 133 cm³/mol. The summed E-state index contributed by atoms with van der Waals surface area (Å²) < 4.78 is 26.5. The Labute approximate surface area is 207 Å². The van der Waals surface area contributed by atoms with Gasteiger partial charge in [-0.05, 0) is 60.2 Å². The Morgan fingerprint density at radius 2 is 1.83 bits per heavy atom. The van der Waals surface area contributed by atoms with Gasteiger partial charge in [-0.25, -0.2) is 4.39 Å². The van der Waals surface area contributed by atoms with Gasteiger partial charge in [-0.3, -0.25) is 4.79 Å². The second-order valence-corrected chi connectivity index (χ2v) is 9.50. The molecule has 0 bridgehead atoms. The standard InChI is InChI=1S/C28H38FNO5/c1-5-13-28(14-6-2)18(3)25(32)26(33)27(35-28)34-23-11-10-20(12-15-30-19(4)31)24(17-23)21-8-7-9-22(29)16-21/h7-11,16-18,25-27,32-33H,5-6,12-15H2,1-4H3,(H,30,31)/t18-,25-,26-,27-/m1/s1. The third-order valence-corrected chi connectivity index (χ3v) is 6.91. The fraction of sp³-hybridized carbons (Fsp3) is 0.536. The number of carbonyl (C=O) groups is 1. The first-order valence-corrected chi connectivity index (χ1v) is 12.5. The van der Waals surface area contributed by atoms with E-state index < -0.39 is 24.1 Å². The summed E-state index contributed by atoms with van der Waals surface area (Å²) in [5.41, 5.74) is 1.77. The van der Waals surface area contributed by atoms with E-state index in [1.165, 1.54) is 19.1 Å². The molecular formula is C28H38FNO5. The Hall–Kier alpha value is -2.48. The minimum absolute atomic E-state index is 0.115. The van der Waals surface area contributed by atoms with E-state index in [4.69, 9.17) is 9.47 Å². The molecule has 1 aliphatic rings. The summed E-state index contributed by atoms with van der Waals surface area (Å²) in [6.07, 6.45) is 0.602. The van der Waals surface area contributed by atoms with Crippen LogP contribution in [0.15, 0.2) is 42.5 Å². The van der Waals surface area contributed by atoms with E-state index >= 15 is 0 Å². The zero-order chi connectivity index (χ0) is 25.6. The van der Waals surface area contributed by atoms with Gasteiger partial charge in [0.05, 0.1) is 11.7 Å². The van der Waals surface area contributed by atoms with Crippen LogP contribution in [0.25, 0.3) is 11.1 Å². The Morgan fingerprint density at radius 1 is 1.11 bits per heavy atom. The maximum atomic E-state index is 14.0. The summed E-state index contributed by atoms with van der Waals surface area (Å²) in [7, 11) is 0. The van der Waals surface area contributed by atoms with Gasteiger partial charge in [-0.2, -0.15) is 0 Å². The molecule has 1 fully saturated rings. The quantitative estimate of drug-likeness (QED) is 0.456. The fourth-order valence-electron chi connectivity index (χ4n) is 5.09. The van der Waals surface area contributed by atoms with Crippen LogP contribution in [0.1, 0.15) is 58.9 Å². The molecule has 192 valence electrons. The second-order valence-electron chi connectivity index (χ2n) is 9.50. The van der Waals surface area contributed by atoms with E-state index in [-0.39, 0.29) is 17.6 Å². The molecule has 0 saturated carbocycles. The average molecular weight is 488 g/mol. The molecule has 1 amide bonds. The van der Waals surface area contributed by atoms with Crippen molar-refractivity contribution in [3.63, 3.8) is 0 Å². The SMILES string of the molecule is CCCC1(CCC)O[C@@H](Oc2ccc(CCNC(C)=O)c(-c3cccc(F)c3)c2)[C@H](O)[C@H](O)[C@H]1C. The van der Waals surface area contributed by atoms with Crippen LogP contribution in [0.5, 0.6) is 5.75 Å². The van der Waals surface area contributed by atoms with E-state index in [1.54, 1.807) is 18.2 Å². The van der Waals surface area contributed by atoms with Crippen molar-refractivity contribution < 1.29 is 28.9 Å². The summed E-state index contributed by atoms with van der Waals surface area (Å²) in [5, 5.41) is 24.4. The van der Waals surface area contributed by atoms with E-state index in [1.807, 2.05) is 19.1 Å². The van der Waals surface area contributed by atoms with Gasteiger partial charge in [0.1, 0.15) is 17.7 Å². The third kappa shape index (κ3) is 6.40. The Bertz CT molecular complexity index is 991. The van der Waals surface area contributed by atoms with Crippen LogP contribution in [0, 0.1) is 11.7 Å². The topological polar surface area (TPSA) is 88.0 Å². The molecule has 1 saturated heterocycles. The predicted octanol–water partition coefficient (Wildman–Crippen LogP) is 4.60. The summed E-state index contributed by atoms with van der Waals surface area (Å²) in [4.78, 5) is 11.3. The van der Waals surface area contributed by atoms with E-state index in [9.17, 15) is 19.4 Å². The lowest BCUT2D eigenvalue weighted by atomic mass is 9.74. The van der Waals surface area contributed by atoms with Crippen LogP contribution in [0.2, 0.25) is 0 Å². The van der Waals surface area contributed by atoms with Gasteiger partial charge in [0.2, 0.25) is 12.2 Å². The number of benzene rings is 2. The van der Waals surface area contributed by atoms with Crippen LogP contribution >= 0.6 is 0 Å². The van der Waals surface area contributed by atoms with Crippen LogP contribution in [0.3, 0.4) is 0 Å². The largest absolute Gasteiger partial charge is 0.462 e. The highest BCUT2D eigenvalue weighted by atomic mass is 19.1. The van der Waals surface area contributed by atoms with Gasteiger partial charge < -0.3 is 25.0 Å². The number of hydrogen-bond donors (Lipinski definition) is 3. The zero-order valence-corrected chi connectivity index (χ0v) is 21.1. The molecule has 1 aliphatic heterocycles. The molecule has 2 aromatic rings. The van der Waals surface area contributed by atoms with Crippen LogP contribution in [0.4, 0.5) is 4.39 Å². The molecule has 6 nitrogen and oxygen atoms in total. The smallest absolute Gasteiger partial charge is 0.229 e. The lowest BCUT2D eigenvalue weighted by Crippen LogP contribution is -2.61. The van der Waals surface area contributed by atoms with Gasteiger partial charge in [-0.1, -0.05) is 51.8 Å². The van der Waals surface area contributed by atoms with Gasteiger partial charge in [0.15, 0.2) is 0 Å². The fourth-order valence-corrected chi connectivity index (χ4v) is 5.09. The van der Waals surface area contributed by atoms with E-state index in [2.05, 4.69) is 19.2 Å². The number of carbonyl (C=O) groups excluding carboxylic acids is 1. The minimum Gasteiger partial charge on any atom is -0.462 e. The lowest BCUT2D eigenvalue weighted by molar-refractivity contribution is -0.299. The van der Waals surface area contributed by atoms with Crippen molar-refractivity contribution in [3.8, 4) is 16.9 Å². The molecule has 1 heterocycles. The molecular weight excluding hydrogens is 449 g/mol. The maximum absolute atomic E-state index is 14.0. The molecule has 0 aromatic heterocycles. The number of aliphatic hydroxyl groups excluding tert-OH is 2. The number of nitrogens with one attached hydrogen (secondary N) is 1. The highest BCUT2D eigenvalue weighted by molar-refractivity contribution is 5.73. The molecule has 0 radical (unpaired) electrons. The molecule has 2 aromatic carbocycles. The Morgan fingerprint density at radius 3 is 2.46 bits per heavy atom. The zero-order valence-electron chi connectivity index (χ0n) is 21.1. The third-order valence-electron chi connectivity index (χ3n) is 6.91. The number of amides is 1. The molecule has 7 heteroatoms. The molecule has 0 unspecified atom stereocenters. The summed E-state index contributed by atoms with van der Waals surface area (Å²) >= 11 is 0. The first-order chi connectivity index (χ1) is 16.7. The maximum Gasteiger partial charge on any atom is 0.229 e. The lowest BCUT2D eigenvalue weighted by Gasteiger charge is -2.50. The highest BCUT2D eigenvalue weighted by Gasteiger charge is 2.51. The minimum atomic E-state index is -1.20. The van der Waals surface area contributed by atoms with E-state index in [0.29, 0.717) is 24.3 Å². The summed E-state index contributed by atoms with van der Waals surface area (Å²) in [5.74, 6) is -0.263.